The van der Waals surface area contributed by atoms with E-state index in [1.54, 1.807) is 0 Å². The Labute approximate surface area is 321 Å². The van der Waals surface area contributed by atoms with E-state index in [9.17, 15) is 0 Å². The average molecular weight is 718 g/mol. The minimum atomic E-state index is 0.648. The largest absolute Gasteiger partial charge is 0.208 e. The molecule has 11 rings (SSSR count). The summed E-state index contributed by atoms with van der Waals surface area (Å²) < 4.78 is 2.69. The van der Waals surface area contributed by atoms with Gasteiger partial charge in [-0.25, -0.2) is 15.0 Å². The van der Waals surface area contributed by atoms with E-state index in [0.717, 1.165) is 27.8 Å². The van der Waals surface area contributed by atoms with Crippen molar-refractivity contribution in [2.45, 2.75) is 0 Å². The van der Waals surface area contributed by atoms with E-state index in [2.05, 4.69) is 127 Å². The first-order valence-electron chi connectivity index (χ1n) is 18.5. The molecule has 0 fully saturated rings. The Morgan fingerprint density at radius 3 is 1.40 bits per heavy atom. The number of hydrogen-bond acceptors (Lipinski definition) is 4. The van der Waals surface area contributed by atoms with Crippen molar-refractivity contribution in [1.29, 1.82) is 0 Å². The number of thiophene rings is 1. The van der Waals surface area contributed by atoms with Crippen LogP contribution in [0.1, 0.15) is 0 Å². The molecule has 0 saturated heterocycles. The summed E-state index contributed by atoms with van der Waals surface area (Å²) >= 11 is 1.90. The second-order valence-electron chi connectivity index (χ2n) is 14.0. The van der Waals surface area contributed by atoms with Gasteiger partial charge in [-0.3, -0.25) is 0 Å². The lowest BCUT2D eigenvalue weighted by Gasteiger charge is -2.13. The number of rotatable bonds is 5. The molecule has 55 heavy (non-hydrogen) atoms. The van der Waals surface area contributed by atoms with Crippen molar-refractivity contribution in [2.24, 2.45) is 0 Å². The highest BCUT2D eigenvalue weighted by molar-refractivity contribution is 7.26. The van der Waals surface area contributed by atoms with Crippen molar-refractivity contribution < 1.29 is 0 Å². The van der Waals surface area contributed by atoms with E-state index in [4.69, 9.17) is 15.0 Å². The molecule has 0 aliphatic carbocycles. The Kier molecular flexibility index (Phi) is 7.35. The molecule has 3 nitrogen and oxygen atoms in total. The van der Waals surface area contributed by atoms with Gasteiger partial charge in [0.1, 0.15) is 0 Å². The van der Waals surface area contributed by atoms with E-state index < -0.39 is 0 Å². The van der Waals surface area contributed by atoms with Gasteiger partial charge in [0.2, 0.25) is 0 Å². The van der Waals surface area contributed by atoms with Gasteiger partial charge in [-0.2, -0.15) is 0 Å². The molecule has 9 aromatic carbocycles. The van der Waals surface area contributed by atoms with Crippen molar-refractivity contribution >= 4 is 63.8 Å². The quantitative estimate of drug-likeness (QED) is 0.166. The highest BCUT2D eigenvalue weighted by Gasteiger charge is 2.16. The zero-order chi connectivity index (χ0) is 36.3. The topological polar surface area (TPSA) is 38.7 Å². The summed E-state index contributed by atoms with van der Waals surface area (Å²) in [7, 11) is 0. The van der Waals surface area contributed by atoms with Crippen molar-refractivity contribution in [2.75, 3.05) is 0 Å². The van der Waals surface area contributed by atoms with Crippen molar-refractivity contribution in [1.82, 2.24) is 15.0 Å². The van der Waals surface area contributed by atoms with Gasteiger partial charge < -0.3 is 0 Å². The molecule has 0 radical (unpaired) electrons. The van der Waals surface area contributed by atoms with E-state index in [1.807, 2.05) is 72.0 Å². The zero-order valence-electron chi connectivity index (χ0n) is 29.6. The molecule has 11 aromatic rings. The third-order valence-corrected chi connectivity index (χ3v) is 11.9. The third kappa shape index (κ3) is 5.38. The maximum Gasteiger partial charge on any atom is 0.164 e. The SMILES string of the molecule is c1ccc(-c2nc(-c3ccccc3)nc(-c3cccc(-c4ccc(-c5ccc6c(c5)c5ccccc5c5ccc7c8ccccc8sc7c56)cc4)c3)n2)cc1. The molecule has 0 unspecified atom stereocenters. The van der Waals surface area contributed by atoms with Crippen LogP contribution in [0.3, 0.4) is 0 Å². The minimum absolute atomic E-state index is 0.648. The summed E-state index contributed by atoms with van der Waals surface area (Å²) in [6.45, 7) is 0. The average Bonchev–Trinajstić information content (AvgIpc) is 3.66. The maximum absolute atomic E-state index is 4.96. The van der Waals surface area contributed by atoms with Crippen molar-refractivity contribution in [3.05, 3.63) is 188 Å². The highest BCUT2D eigenvalue weighted by Crippen LogP contribution is 2.45. The molecule has 0 spiro atoms. The number of fused-ring (bicyclic) bond motifs is 10. The monoisotopic (exact) mass is 717 g/mol. The van der Waals surface area contributed by atoms with Gasteiger partial charge in [0.15, 0.2) is 17.5 Å². The van der Waals surface area contributed by atoms with Crippen LogP contribution in [0.5, 0.6) is 0 Å². The summed E-state index contributed by atoms with van der Waals surface area (Å²) in [5.41, 5.74) is 7.48. The summed E-state index contributed by atoms with van der Waals surface area (Å²) in [5, 5.41) is 10.5. The Bertz CT molecular complexity index is 3180. The lowest BCUT2D eigenvalue weighted by atomic mass is 9.91. The zero-order valence-corrected chi connectivity index (χ0v) is 30.5. The highest BCUT2D eigenvalue weighted by atomic mass is 32.1. The molecule has 2 heterocycles. The molecule has 4 heteroatoms. The number of aromatic nitrogens is 3. The van der Waals surface area contributed by atoms with Crippen LogP contribution < -0.4 is 0 Å². The van der Waals surface area contributed by atoms with E-state index in [1.165, 1.54) is 63.6 Å². The van der Waals surface area contributed by atoms with Gasteiger partial charge in [-0.15, -0.1) is 11.3 Å². The predicted molar refractivity (Wildman–Crippen MR) is 232 cm³/mol. The maximum atomic E-state index is 4.96. The van der Waals surface area contributed by atoms with Crippen LogP contribution in [0.2, 0.25) is 0 Å². The van der Waals surface area contributed by atoms with Crippen LogP contribution >= 0.6 is 11.3 Å². The van der Waals surface area contributed by atoms with Gasteiger partial charge in [0.25, 0.3) is 0 Å². The molecule has 0 atom stereocenters. The van der Waals surface area contributed by atoms with Crippen LogP contribution in [0.15, 0.2) is 188 Å². The smallest absolute Gasteiger partial charge is 0.164 e. The number of nitrogens with zero attached hydrogens (tertiary/aromatic N) is 3. The number of hydrogen-bond donors (Lipinski definition) is 0. The molecule has 0 bridgehead atoms. The first-order valence-corrected chi connectivity index (χ1v) is 19.3. The van der Waals surface area contributed by atoms with E-state index in [0.29, 0.717) is 17.5 Å². The molecule has 0 saturated carbocycles. The Balaban J connectivity index is 0.991. The van der Waals surface area contributed by atoms with Crippen LogP contribution in [-0.4, -0.2) is 15.0 Å². The predicted octanol–water partition coefficient (Wildman–Crippen LogP) is 14.0. The van der Waals surface area contributed by atoms with Crippen LogP contribution in [-0.2, 0) is 0 Å². The molecule has 0 N–H and O–H groups in total. The summed E-state index contributed by atoms with van der Waals surface area (Å²) in [5.74, 6) is 1.96. The van der Waals surface area contributed by atoms with Crippen LogP contribution in [0.4, 0.5) is 0 Å². The van der Waals surface area contributed by atoms with Gasteiger partial charge in [0.05, 0.1) is 0 Å². The van der Waals surface area contributed by atoms with Crippen LogP contribution in [0.25, 0.3) is 109 Å². The second-order valence-corrected chi connectivity index (χ2v) is 15.0. The van der Waals surface area contributed by atoms with Crippen LogP contribution in [0, 0.1) is 0 Å². The molecule has 0 amide bonds. The first-order chi connectivity index (χ1) is 27.2. The molecular formula is C51H31N3S. The fourth-order valence-corrected chi connectivity index (χ4v) is 9.29. The first kappa shape index (κ1) is 31.5. The summed E-state index contributed by atoms with van der Waals surface area (Å²) in [6, 6.07) is 66.9. The van der Waals surface area contributed by atoms with Gasteiger partial charge in [-0.1, -0.05) is 170 Å². The molecular weight excluding hydrogens is 687 g/mol. The fraction of sp³-hybridized carbons (Fsp3) is 0. The molecule has 0 aliphatic rings. The van der Waals surface area contributed by atoms with Gasteiger partial charge >= 0.3 is 0 Å². The lowest BCUT2D eigenvalue weighted by molar-refractivity contribution is 1.07. The Morgan fingerprint density at radius 2 is 0.727 bits per heavy atom. The fourth-order valence-electron chi connectivity index (χ4n) is 8.03. The standard InChI is InChI=1S/C51H31N3S/c1-3-12-34(13-4-1)49-52-50(35-14-5-2-6-15-35)54-51(53-49)38-17-11-16-36(30-38)32-22-24-33(25-23-32)37-26-27-43-45(31-37)40-19-8-7-18-39(40)42-28-29-44-41-20-9-10-21-46(41)55-48(44)47(42)43/h1-31H. The van der Waals surface area contributed by atoms with E-state index in [-0.39, 0.29) is 0 Å². The summed E-state index contributed by atoms with van der Waals surface area (Å²) in [6.07, 6.45) is 0. The van der Waals surface area contributed by atoms with E-state index >= 15 is 0 Å². The molecule has 0 aliphatic heterocycles. The van der Waals surface area contributed by atoms with Crippen molar-refractivity contribution in [3.63, 3.8) is 0 Å². The minimum Gasteiger partial charge on any atom is -0.208 e. The second kappa shape index (κ2) is 12.8. The Hall–Kier alpha value is -7.01. The van der Waals surface area contributed by atoms with Gasteiger partial charge in [0, 0.05) is 42.2 Å². The Morgan fingerprint density at radius 1 is 0.273 bits per heavy atom. The molecule has 256 valence electrons. The normalized spacial score (nSPS) is 11.6. The third-order valence-electron chi connectivity index (χ3n) is 10.7. The summed E-state index contributed by atoms with van der Waals surface area (Å²) in [4.78, 5) is 14.8. The molecule has 2 aromatic heterocycles. The number of benzene rings is 9. The lowest BCUT2D eigenvalue weighted by Crippen LogP contribution is -2.00. The van der Waals surface area contributed by atoms with Gasteiger partial charge in [-0.05, 0) is 67.4 Å². The van der Waals surface area contributed by atoms with Crippen molar-refractivity contribution in [3.8, 4) is 56.4 Å².